The van der Waals surface area contributed by atoms with Gasteiger partial charge in [-0.3, -0.25) is 4.79 Å². The number of carbonyl (C=O) groups excluding carboxylic acids is 1. The topological polar surface area (TPSA) is 73.1 Å². The second kappa shape index (κ2) is 6.59. The first-order valence-corrected chi connectivity index (χ1v) is 8.48. The monoisotopic (exact) mass is 349 g/mol. The Morgan fingerprint density at radius 1 is 1.19 bits per heavy atom. The number of nitrogens with zero attached hydrogens (tertiary/aromatic N) is 5. The van der Waals surface area contributed by atoms with Crippen LogP contribution in [0.25, 0.3) is 5.69 Å². The van der Waals surface area contributed by atoms with Crippen LogP contribution in [0.1, 0.15) is 34.2 Å². The van der Waals surface area contributed by atoms with Crippen LogP contribution in [0.3, 0.4) is 0 Å². The van der Waals surface area contributed by atoms with Gasteiger partial charge in [-0.2, -0.15) is 4.68 Å². The SMILES string of the molecule is COc1cccc([C@H]2CCN2C(=O)c2cccc(-n3nnnc3C)c2)c1. The summed E-state index contributed by atoms with van der Waals surface area (Å²) in [5, 5.41) is 11.5. The standard InChI is InChI=1S/C19H19N5O2/c1-13-20-21-22-24(13)16-7-3-6-15(11-16)19(25)23-10-9-18(23)14-5-4-8-17(12-14)26-2/h3-8,11-12,18H,9-10H2,1-2H3/t18-/m1/s1. The van der Waals surface area contributed by atoms with Gasteiger partial charge in [-0.1, -0.05) is 18.2 Å². The summed E-state index contributed by atoms with van der Waals surface area (Å²) >= 11 is 0. The van der Waals surface area contributed by atoms with Gasteiger partial charge in [0.25, 0.3) is 5.91 Å². The van der Waals surface area contributed by atoms with E-state index in [1.165, 1.54) is 0 Å². The average molecular weight is 349 g/mol. The van der Waals surface area contributed by atoms with Crippen molar-refractivity contribution >= 4 is 5.91 Å². The normalized spacial score (nSPS) is 16.2. The van der Waals surface area contributed by atoms with Crippen molar-refractivity contribution in [3.05, 3.63) is 65.5 Å². The Hall–Kier alpha value is -3.22. The van der Waals surface area contributed by atoms with E-state index < -0.39 is 0 Å². The van der Waals surface area contributed by atoms with Gasteiger partial charge in [0.15, 0.2) is 5.82 Å². The van der Waals surface area contributed by atoms with E-state index in [2.05, 4.69) is 15.5 Å². The molecule has 1 fully saturated rings. The molecule has 0 aliphatic carbocycles. The smallest absolute Gasteiger partial charge is 0.254 e. The van der Waals surface area contributed by atoms with E-state index in [4.69, 9.17) is 4.74 Å². The molecule has 4 rings (SSSR count). The third-order valence-corrected chi connectivity index (χ3v) is 4.72. The molecule has 0 N–H and O–H groups in total. The van der Waals surface area contributed by atoms with Gasteiger partial charge in [0, 0.05) is 12.1 Å². The third kappa shape index (κ3) is 2.81. The van der Waals surface area contributed by atoms with Crippen LogP contribution in [0.4, 0.5) is 0 Å². The van der Waals surface area contributed by atoms with Crippen LogP contribution in [0.15, 0.2) is 48.5 Å². The van der Waals surface area contributed by atoms with E-state index in [1.807, 2.05) is 60.4 Å². The Kier molecular flexibility index (Phi) is 4.12. The predicted octanol–water partition coefficient (Wildman–Crippen LogP) is 2.57. The molecule has 7 nitrogen and oxygen atoms in total. The molecule has 0 bridgehead atoms. The first-order valence-electron chi connectivity index (χ1n) is 8.48. The Morgan fingerprint density at radius 2 is 2.04 bits per heavy atom. The lowest BCUT2D eigenvalue weighted by Gasteiger charge is -2.41. The molecule has 26 heavy (non-hydrogen) atoms. The van der Waals surface area contributed by atoms with Gasteiger partial charge in [0.05, 0.1) is 18.8 Å². The molecule has 1 aromatic heterocycles. The summed E-state index contributed by atoms with van der Waals surface area (Å²) in [4.78, 5) is 14.9. The van der Waals surface area contributed by atoms with Crippen molar-refractivity contribution in [1.29, 1.82) is 0 Å². The number of amides is 1. The Labute approximate surface area is 151 Å². The van der Waals surface area contributed by atoms with Crippen molar-refractivity contribution in [2.75, 3.05) is 13.7 Å². The fourth-order valence-electron chi connectivity index (χ4n) is 3.23. The lowest BCUT2D eigenvalue weighted by molar-refractivity contribution is 0.0460. The highest BCUT2D eigenvalue weighted by molar-refractivity contribution is 5.95. The number of methoxy groups -OCH3 is 1. The lowest BCUT2D eigenvalue weighted by atomic mass is 9.93. The van der Waals surface area contributed by atoms with E-state index in [1.54, 1.807) is 11.8 Å². The van der Waals surface area contributed by atoms with E-state index >= 15 is 0 Å². The number of aryl methyl sites for hydroxylation is 1. The van der Waals surface area contributed by atoms with Crippen LogP contribution in [-0.4, -0.2) is 44.7 Å². The molecule has 3 aromatic rings. The highest BCUT2D eigenvalue weighted by Gasteiger charge is 2.34. The molecule has 1 aliphatic rings. The minimum absolute atomic E-state index is 0.0108. The van der Waals surface area contributed by atoms with Crippen LogP contribution in [0, 0.1) is 6.92 Å². The van der Waals surface area contributed by atoms with Gasteiger partial charge < -0.3 is 9.64 Å². The van der Waals surface area contributed by atoms with Crippen LogP contribution < -0.4 is 4.74 Å². The molecule has 1 aliphatic heterocycles. The molecule has 1 atom stereocenters. The zero-order valence-electron chi connectivity index (χ0n) is 14.7. The fourth-order valence-corrected chi connectivity index (χ4v) is 3.23. The Morgan fingerprint density at radius 3 is 2.73 bits per heavy atom. The van der Waals surface area contributed by atoms with E-state index in [-0.39, 0.29) is 11.9 Å². The zero-order valence-corrected chi connectivity index (χ0v) is 14.7. The second-order valence-electron chi connectivity index (χ2n) is 6.27. The number of aromatic nitrogens is 4. The molecule has 7 heteroatoms. The first-order chi connectivity index (χ1) is 12.7. The summed E-state index contributed by atoms with van der Waals surface area (Å²) in [5.41, 5.74) is 2.50. The molecular formula is C19H19N5O2. The van der Waals surface area contributed by atoms with E-state index in [9.17, 15) is 4.79 Å². The van der Waals surface area contributed by atoms with Gasteiger partial charge >= 0.3 is 0 Å². The quantitative estimate of drug-likeness (QED) is 0.724. The van der Waals surface area contributed by atoms with Crippen molar-refractivity contribution in [3.63, 3.8) is 0 Å². The van der Waals surface area contributed by atoms with Gasteiger partial charge in [-0.25, -0.2) is 0 Å². The number of likely N-dealkylation sites (tertiary alicyclic amines) is 1. The summed E-state index contributed by atoms with van der Waals surface area (Å²) in [6.07, 6.45) is 0.949. The number of benzene rings is 2. The summed E-state index contributed by atoms with van der Waals surface area (Å²) < 4.78 is 6.91. The first kappa shape index (κ1) is 16.3. The number of ether oxygens (including phenoxy) is 1. The largest absolute Gasteiger partial charge is 0.497 e. The summed E-state index contributed by atoms with van der Waals surface area (Å²) in [7, 11) is 1.65. The number of hydrogen-bond acceptors (Lipinski definition) is 5. The zero-order chi connectivity index (χ0) is 18.1. The third-order valence-electron chi connectivity index (χ3n) is 4.72. The van der Waals surface area contributed by atoms with Crippen LogP contribution in [0.5, 0.6) is 5.75 Å². The van der Waals surface area contributed by atoms with Gasteiger partial charge in [0.2, 0.25) is 0 Å². The highest BCUT2D eigenvalue weighted by atomic mass is 16.5. The molecule has 2 aromatic carbocycles. The molecule has 132 valence electrons. The Balaban J connectivity index is 1.59. The second-order valence-corrected chi connectivity index (χ2v) is 6.27. The summed E-state index contributed by atoms with van der Waals surface area (Å²) in [6.45, 7) is 2.57. The minimum Gasteiger partial charge on any atom is -0.497 e. The highest BCUT2D eigenvalue weighted by Crippen LogP contribution is 2.35. The van der Waals surface area contributed by atoms with Crippen molar-refractivity contribution in [2.24, 2.45) is 0 Å². The maximum atomic E-state index is 13.0. The fraction of sp³-hybridized carbons (Fsp3) is 0.263. The predicted molar refractivity (Wildman–Crippen MR) is 95.3 cm³/mol. The maximum Gasteiger partial charge on any atom is 0.254 e. The maximum absolute atomic E-state index is 13.0. The molecule has 0 unspecified atom stereocenters. The van der Waals surface area contributed by atoms with Gasteiger partial charge in [-0.15, -0.1) is 5.10 Å². The van der Waals surface area contributed by atoms with Gasteiger partial charge in [-0.05, 0) is 59.7 Å². The Bertz CT molecular complexity index is 952. The number of rotatable bonds is 4. The summed E-state index contributed by atoms with van der Waals surface area (Å²) in [6, 6.07) is 15.4. The van der Waals surface area contributed by atoms with Crippen molar-refractivity contribution in [2.45, 2.75) is 19.4 Å². The summed E-state index contributed by atoms with van der Waals surface area (Å²) in [5.74, 6) is 1.49. The molecule has 1 amide bonds. The molecule has 1 saturated heterocycles. The van der Waals surface area contributed by atoms with Gasteiger partial charge in [0.1, 0.15) is 5.75 Å². The van der Waals surface area contributed by atoms with Crippen molar-refractivity contribution < 1.29 is 9.53 Å². The number of tetrazole rings is 1. The molecule has 0 saturated carbocycles. The van der Waals surface area contributed by atoms with Crippen LogP contribution >= 0.6 is 0 Å². The van der Waals surface area contributed by atoms with Crippen LogP contribution in [0.2, 0.25) is 0 Å². The van der Waals surface area contributed by atoms with E-state index in [0.29, 0.717) is 11.4 Å². The lowest BCUT2D eigenvalue weighted by Crippen LogP contribution is -2.45. The average Bonchev–Trinajstić information content (AvgIpc) is 3.07. The molecule has 0 radical (unpaired) electrons. The molecule has 2 heterocycles. The van der Waals surface area contributed by atoms with Crippen LogP contribution in [-0.2, 0) is 0 Å². The minimum atomic E-state index is 0.0108. The number of hydrogen-bond donors (Lipinski definition) is 0. The van der Waals surface area contributed by atoms with Crippen molar-refractivity contribution in [1.82, 2.24) is 25.1 Å². The molecular weight excluding hydrogens is 330 g/mol. The molecule has 0 spiro atoms. The van der Waals surface area contributed by atoms with Crippen molar-refractivity contribution in [3.8, 4) is 11.4 Å². The number of carbonyl (C=O) groups is 1. The van der Waals surface area contributed by atoms with E-state index in [0.717, 1.165) is 30.0 Å².